The minimum Gasteiger partial charge on any atom is -0.391 e. The third kappa shape index (κ3) is 1.67. The van der Waals surface area contributed by atoms with Gasteiger partial charge in [-0.1, -0.05) is 0 Å². The maximum Gasteiger partial charge on any atom is 0.219 e. The molecule has 1 aliphatic rings. The van der Waals surface area contributed by atoms with E-state index in [2.05, 4.69) is 4.74 Å². The van der Waals surface area contributed by atoms with Gasteiger partial charge in [0.25, 0.3) is 0 Å². The van der Waals surface area contributed by atoms with Crippen LogP contribution in [0.15, 0.2) is 0 Å². The molecule has 7 nitrogen and oxygen atoms in total. The van der Waals surface area contributed by atoms with Crippen molar-refractivity contribution in [2.45, 2.75) is 30.4 Å². The average molecular weight is 196 g/mol. The largest absolute Gasteiger partial charge is 0.391 e. The molecule has 0 aromatic carbocycles. The Morgan fingerprint density at radius 2 is 1.85 bits per heavy atom. The fraction of sp³-hybridized carbons (Fsp3) is 1.00. The van der Waals surface area contributed by atoms with Gasteiger partial charge in [-0.2, -0.15) is 0 Å². The molecular weight excluding hydrogens is 184 g/mol. The predicted molar refractivity (Wildman–Crippen MR) is 37.1 cm³/mol. The molecule has 1 rings (SSSR count). The Morgan fingerprint density at radius 3 is 2.08 bits per heavy atom. The van der Waals surface area contributed by atoms with E-state index in [1.807, 2.05) is 0 Å². The summed E-state index contributed by atoms with van der Waals surface area (Å²) in [5, 5.41) is 53.4. The van der Waals surface area contributed by atoms with E-state index in [1.54, 1.807) is 0 Å². The average Bonchev–Trinajstić information content (AvgIpc) is 2.31. The molecule has 1 fully saturated rings. The molecule has 4 unspecified atom stereocenters. The van der Waals surface area contributed by atoms with Crippen molar-refractivity contribution in [2.75, 3.05) is 6.61 Å². The minimum absolute atomic E-state index is 0.950. The van der Waals surface area contributed by atoms with Crippen molar-refractivity contribution in [3.8, 4) is 0 Å². The van der Waals surface area contributed by atoms with Crippen molar-refractivity contribution in [1.82, 2.24) is 0 Å². The van der Waals surface area contributed by atoms with Gasteiger partial charge >= 0.3 is 0 Å². The molecule has 13 heavy (non-hydrogen) atoms. The SMILES string of the molecule is OCC1(O)OC(C(O)O)C(O)C1O. The smallest absolute Gasteiger partial charge is 0.219 e. The summed E-state index contributed by atoms with van der Waals surface area (Å²) in [6.07, 6.45) is -7.00. The van der Waals surface area contributed by atoms with Crippen molar-refractivity contribution in [2.24, 2.45) is 0 Å². The highest BCUT2D eigenvalue weighted by Gasteiger charge is 2.55. The van der Waals surface area contributed by atoms with E-state index in [9.17, 15) is 5.11 Å². The molecule has 1 heterocycles. The van der Waals surface area contributed by atoms with Crippen LogP contribution in [0.3, 0.4) is 0 Å². The summed E-state index contributed by atoms with van der Waals surface area (Å²) in [6.45, 7) is -0.950. The van der Waals surface area contributed by atoms with Gasteiger partial charge in [0.05, 0.1) is 6.61 Å². The molecule has 0 amide bonds. The molecule has 0 aromatic heterocycles. The molecule has 0 aromatic rings. The summed E-state index contributed by atoms with van der Waals surface area (Å²) in [7, 11) is 0. The molecule has 0 radical (unpaired) electrons. The zero-order valence-electron chi connectivity index (χ0n) is 6.61. The zero-order chi connectivity index (χ0) is 10.2. The van der Waals surface area contributed by atoms with E-state index in [1.165, 1.54) is 0 Å². The van der Waals surface area contributed by atoms with Crippen LogP contribution in [0.5, 0.6) is 0 Å². The topological polar surface area (TPSA) is 131 Å². The number of aliphatic hydroxyl groups is 6. The lowest BCUT2D eigenvalue weighted by molar-refractivity contribution is -0.268. The van der Waals surface area contributed by atoms with E-state index in [4.69, 9.17) is 25.5 Å². The maximum atomic E-state index is 9.25. The third-order valence-electron chi connectivity index (χ3n) is 1.98. The normalized spacial score (nSPS) is 45.9. The first kappa shape index (κ1) is 10.8. The lowest BCUT2D eigenvalue weighted by atomic mass is 10.1. The number of hydrogen-bond acceptors (Lipinski definition) is 7. The Balaban J connectivity index is 2.78. The summed E-state index contributed by atoms with van der Waals surface area (Å²) < 4.78 is 4.49. The van der Waals surface area contributed by atoms with Crippen LogP contribution in [0.25, 0.3) is 0 Å². The van der Waals surface area contributed by atoms with Crippen molar-refractivity contribution >= 4 is 0 Å². The maximum absolute atomic E-state index is 9.25. The molecule has 4 atom stereocenters. The van der Waals surface area contributed by atoms with Gasteiger partial charge in [-0.25, -0.2) is 0 Å². The summed E-state index contributed by atoms with van der Waals surface area (Å²) in [5.41, 5.74) is 0. The second kappa shape index (κ2) is 3.46. The van der Waals surface area contributed by atoms with Gasteiger partial charge < -0.3 is 35.4 Å². The molecular formula is C6H12O7. The van der Waals surface area contributed by atoms with Crippen molar-refractivity contribution in [1.29, 1.82) is 0 Å². The fourth-order valence-corrected chi connectivity index (χ4v) is 1.19. The monoisotopic (exact) mass is 196 g/mol. The Kier molecular flexibility index (Phi) is 2.88. The van der Waals surface area contributed by atoms with Gasteiger partial charge in [-0.15, -0.1) is 0 Å². The molecule has 0 aliphatic carbocycles. The molecule has 1 saturated heterocycles. The first-order chi connectivity index (χ1) is 5.92. The standard InChI is InChI=1S/C6H12O7/c7-1-6(12)4(9)2(8)3(13-6)5(10)11/h2-5,7-12H,1H2. The van der Waals surface area contributed by atoms with Gasteiger partial charge in [-0.05, 0) is 0 Å². The number of hydrogen-bond donors (Lipinski definition) is 6. The number of ether oxygens (including phenoxy) is 1. The van der Waals surface area contributed by atoms with Gasteiger partial charge in [0, 0.05) is 0 Å². The lowest BCUT2D eigenvalue weighted by Gasteiger charge is -2.22. The van der Waals surface area contributed by atoms with Crippen LogP contribution in [-0.4, -0.2) is 67.6 Å². The van der Waals surface area contributed by atoms with Crippen LogP contribution in [0, 0.1) is 0 Å². The second-order valence-electron chi connectivity index (χ2n) is 2.93. The molecule has 78 valence electrons. The highest BCUT2D eigenvalue weighted by atomic mass is 16.7. The van der Waals surface area contributed by atoms with E-state index in [0.29, 0.717) is 0 Å². The van der Waals surface area contributed by atoms with Gasteiger partial charge in [0.2, 0.25) is 5.79 Å². The minimum atomic E-state index is -2.34. The summed E-state index contributed by atoms with van der Waals surface area (Å²) in [4.78, 5) is 0. The van der Waals surface area contributed by atoms with E-state index < -0.39 is 37.0 Å². The second-order valence-corrected chi connectivity index (χ2v) is 2.93. The Morgan fingerprint density at radius 1 is 1.31 bits per heavy atom. The van der Waals surface area contributed by atoms with Gasteiger partial charge in [0.1, 0.15) is 18.3 Å². The first-order valence-electron chi connectivity index (χ1n) is 3.65. The third-order valence-corrected chi connectivity index (χ3v) is 1.98. The van der Waals surface area contributed by atoms with Crippen LogP contribution in [0.2, 0.25) is 0 Å². The highest BCUT2D eigenvalue weighted by molar-refractivity contribution is 4.95. The van der Waals surface area contributed by atoms with Crippen LogP contribution in [-0.2, 0) is 4.74 Å². The van der Waals surface area contributed by atoms with Crippen molar-refractivity contribution < 1.29 is 35.4 Å². The van der Waals surface area contributed by atoms with E-state index in [0.717, 1.165) is 0 Å². The predicted octanol–water partition coefficient (Wildman–Crippen LogP) is -3.90. The molecule has 6 N–H and O–H groups in total. The van der Waals surface area contributed by atoms with Crippen LogP contribution >= 0.6 is 0 Å². The van der Waals surface area contributed by atoms with Crippen LogP contribution in [0.1, 0.15) is 0 Å². The lowest BCUT2D eigenvalue weighted by Crippen LogP contribution is -2.46. The first-order valence-corrected chi connectivity index (χ1v) is 3.65. The van der Waals surface area contributed by atoms with Crippen LogP contribution in [0.4, 0.5) is 0 Å². The molecule has 0 bridgehead atoms. The van der Waals surface area contributed by atoms with Crippen molar-refractivity contribution in [3.63, 3.8) is 0 Å². The quantitative estimate of drug-likeness (QED) is 0.249. The van der Waals surface area contributed by atoms with E-state index in [-0.39, 0.29) is 0 Å². The Bertz CT molecular complexity index is 184. The summed E-state index contributed by atoms with van der Waals surface area (Å²) in [6, 6.07) is 0. The molecule has 0 saturated carbocycles. The van der Waals surface area contributed by atoms with E-state index >= 15 is 0 Å². The number of aliphatic hydroxyl groups excluding tert-OH is 4. The summed E-state index contributed by atoms with van der Waals surface area (Å²) in [5.74, 6) is -2.34. The van der Waals surface area contributed by atoms with Gasteiger partial charge in [-0.3, -0.25) is 0 Å². The van der Waals surface area contributed by atoms with Crippen molar-refractivity contribution in [3.05, 3.63) is 0 Å². The van der Waals surface area contributed by atoms with Gasteiger partial charge in [0.15, 0.2) is 6.29 Å². The molecule has 0 spiro atoms. The van der Waals surface area contributed by atoms with Crippen LogP contribution < -0.4 is 0 Å². The zero-order valence-corrected chi connectivity index (χ0v) is 6.61. The molecule has 7 heteroatoms. The highest BCUT2D eigenvalue weighted by Crippen LogP contribution is 2.29. The Hall–Kier alpha value is -0.280. The number of rotatable bonds is 2. The Labute approximate surface area is 73.4 Å². The fourth-order valence-electron chi connectivity index (χ4n) is 1.19. The molecule has 1 aliphatic heterocycles. The summed E-state index contributed by atoms with van der Waals surface area (Å²) >= 11 is 0.